The number of esters is 1. The Balaban J connectivity index is 0.00000156. The Morgan fingerprint density at radius 1 is 1.00 bits per heavy atom. The lowest BCUT2D eigenvalue weighted by Crippen LogP contribution is -2.57. The number of fused-ring (bicyclic) bond motifs is 12. The number of hydrogen-bond donors (Lipinski definition) is 0. The quantitative estimate of drug-likeness (QED) is 0.557. The van der Waals surface area contributed by atoms with Crippen LogP contribution in [0, 0.1) is 52.3 Å². The van der Waals surface area contributed by atoms with E-state index in [4.69, 9.17) is 4.74 Å². The van der Waals surface area contributed by atoms with Crippen LogP contribution in [0.2, 0.25) is 0 Å². The molecule has 1 spiro atoms. The summed E-state index contributed by atoms with van der Waals surface area (Å²) in [4.78, 5) is 24.3. The average Bonchev–Trinajstić information content (AvgIpc) is 3.53. The van der Waals surface area contributed by atoms with Crippen molar-refractivity contribution in [2.24, 2.45) is 52.3 Å². The third-order valence-electron chi connectivity index (χ3n) is 10.9. The predicted molar refractivity (Wildman–Crippen MR) is 106 cm³/mol. The molecule has 1 heterocycles. The normalized spacial score (nSPS) is 59.8. The molecule has 0 aromatic heterocycles. The van der Waals surface area contributed by atoms with Crippen molar-refractivity contribution in [3.63, 3.8) is 0 Å². The second kappa shape index (κ2) is 4.95. The maximum Gasteiger partial charge on any atom is 0.306 e. The molecule has 3 heteroatoms. The van der Waals surface area contributed by atoms with Gasteiger partial charge in [0.25, 0.3) is 0 Å². The van der Waals surface area contributed by atoms with Gasteiger partial charge in [-0.15, -0.1) is 0 Å². The molecular formula is C25H34O3. The molecule has 1 saturated heterocycles. The molecule has 152 valence electrons. The van der Waals surface area contributed by atoms with E-state index in [1.807, 2.05) is 0 Å². The summed E-state index contributed by atoms with van der Waals surface area (Å²) < 4.78 is 6.22. The fourth-order valence-corrected chi connectivity index (χ4v) is 9.74. The minimum Gasteiger partial charge on any atom is -0.458 e. The number of hydrogen-bond acceptors (Lipinski definition) is 3. The molecule has 6 aliphatic carbocycles. The van der Waals surface area contributed by atoms with Crippen LogP contribution >= 0.6 is 0 Å². The standard InChI is InChI=1S/C24H30O3.CH4/c1-22-6-3-12(25)9-17(22)13-10-14(13)20-16(22)4-7-23(2)21(20)15-11-18(15)24(23)8-5-19(26)27-24;/h9,13-16,18,20-21H,3-8,10-11H2,1-2H3;1H4/t13-,14+,15?,16?,18+,20?,21?,22?,23?,24?;/m1./s1. The second-order valence-electron chi connectivity index (χ2n) is 11.5. The highest BCUT2D eigenvalue weighted by atomic mass is 16.6. The molecule has 1 aliphatic heterocycles. The molecule has 0 aromatic carbocycles. The zero-order valence-corrected chi connectivity index (χ0v) is 16.5. The Labute approximate surface area is 168 Å². The van der Waals surface area contributed by atoms with Gasteiger partial charge >= 0.3 is 5.97 Å². The smallest absolute Gasteiger partial charge is 0.306 e. The van der Waals surface area contributed by atoms with Crippen molar-refractivity contribution in [3.05, 3.63) is 11.6 Å². The Hall–Kier alpha value is -1.12. The molecule has 7 rings (SSSR count). The number of ether oxygens (including phenoxy) is 1. The summed E-state index contributed by atoms with van der Waals surface area (Å²) in [5, 5.41) is 0. The minimum atomic E-state index is -0.131. The highest BCUT2D eigenvalue weighted by Crippen LogP contribution is 2.82. The first-order valence-corrected chi connectivity index (χ1v) is 11.4. The SMILES string of the molecule is C.CC12CCC(=O)C=C1[C@@H]1C[C@@H]1C1C2CCC2(C)C1C1C[C@@H]1C21CCC(=O)O1. The van der Waals surface area contributed by atoms with Gasteiger partial charge in [0.2, 0.25) is 0 Å². The Morgan fingerprint density at radius 3 is 2.57 bits per heavy atom. The molecular weight excluding hydrogens is 348 g/mol. The molecule has 0 aromatic rings. The molecule has 0 N–H and O–H groups in total. The van der Waals surface area contributed by atoms with E-state index in [1.54, 1.807) is 0 Å². The zero-order valence-electron chi connectivity index (χ0n) is 16.5. The van der Waals surface area contributed by atoms with Crippen LogP contribution in [-0.2, 0) is 14.3 Å². The Bertz CT molecular complexity index is 828. The third-order valence-corrected chi connectivity index (χ3v) is 10.9. The lowest BCUT2D eigenvalue weighted by molar-refractivity contribution is -0.177. The van der Waals surface area contributed by atoms with Crippen molar-refractivity contribution in [3.8, 4) is 0 Å². The van der Waals surface area contributed by atoms with Crippen molar-refractivity contribution in [2.45, 2.75) is 78.2 Å². The minimum absolute atomic E-state index is 0. The van der Waals surface area contributed by atoms with Gasteiger partial charge in [0.1, 0.15) is 5.60 Å². The van der Waals surface area contributed by atoms with Gasteiger partial charge in [-0.1, -0.05) is 26.8 Å². The summed E-state index contributed by atoms with van der Waals surface area (Å²) in [6.45, 7) is 4.99. The van der Waals surface area contributed by atoms with Gasteiger partial charge in [0, 0.05) is 24.2 Å². The lowest BCUT2D eigenvalue weighted by atomic mass is 9.45. The van der Waals surface area contributed by atoms with Gasteiger partial charge in [-0.25, -0.2) is 0 Å². The van der Waals surface area contributed by atoms with E-state index in [-0.39, 0.29) is 29.8 Å². The number of ketones is 1. The maximum atomic E-state index is 12.2. The molecule has 5 saturated carbocycles. The Kier molecular flexibility index (Phi) is 3.13. The van der Waals surface area contributed by atoms with E-state index in [2.05, 4.69) is 19.9 Å². The van der Waals surface area contributed by atoms with Crippen molar-refractivity contribution in [1.29, 1.82) is 0 Å². The largest absolute Gasteiger partial charge is 0.458 e. The van der Waals surface area contributed by atoms with Crippen LogP contribution in [0.5, 0.6) is 0 Å². The summed E-state index contributed by atoms with van der Waals surface area (Å²) in [6, 6.07) is 0. The lowest BCUT2D eigenvalue weighted by Gasteiger charge is -2.60. The summed E-state index contributed by atoms with van der Waals surface area (Å²) in [5.74, 6) is 5.65. The van der Waals surface area contributed by atoms with E-state index in [0.717, 1.165) is 48.9 Å². The van der Waals surface area contributed by atoms with E-state index in [0.29, 0.717) is 24.0 Å². The highest BCUT2D eigenvalue weighted by molar-refractivity contribution is 5.92. The molecule has 0 bridgehead atoms. The van der Waals surface area contributed by atoms with Crippen LogP contribution in [0.1, 0.15) is 72.6 Å². The van der Waals surface area contributed by atoms with E-state index < -0.39 is 0 Å². The van der Waals surface area contributed by atoms with E-state index in [9.17, 15) is 9.59 Å². The number of rotatable bonds is 0. The number of allylic oxidation sites excluding steroid dienone is 1. The molecule has 0 amide bonds. The van der Waals surface area contributed by atoms with Crippen LogP contribution in [0.15, 0.2) is 11.6 Å². The summed E-state index contributed by atoms with van der Waals surface area (Å²) >= 11 is 0. The monoisotopic (exact) mass is 382 g/mol. The number of carbonyl (C=O) groups excluding carboxylic acids is 2. The first-order chi connectivity index (χ1) is 12.9. The van der Waals surface area contributed by atoms with E-state index in [1.165, 1.54) is 31.3 Å². The summed E-state index contributed by atoms with van der Waals surface area (Å²) in [5.41, 5.74) is 1.85. The van der Waals surface area contributed by atoms with Crippen LogP contribution in [-0.4, -0.2) is 17.4 Å². The molecule has 7 unspecified atom stereocenters. The van der Waals surface area contributed by atoms with E-state index >= 15 is 0 Å². The van der Waals surface area contributed by atoms with Crippen LogP contribution in [0.4, 0.5) is 0 Å². The van der Waals surface area contributed by atoms with Gasteiger partial charge in [-0.2, -0.15) is 0 Å². The van der Waals surface area contributed by atoms with Gasteiger partial charge < -0.3 is 4.74 Å². The molecule has 3 nitrogen and oxygen atoms in total. The number of carbonyl (C=O) groups is 2. The van der Waals surface area contributed by atoms with Crippen molar-refractivity contribution in [1.82, 2.24) is 0 Å². The van der Waals surface area contributed by atoms with Crippen molar-refractivity contribution >= 4 is 11.8 Å². The van der Waals surface area contributed by atoms with Crippen molar-refractivity contribution < 1.29 is 14.3 Å². The highest BCUT2D eigenvalue weighted by Gasteiger charge is 2.81. The van der Waals surface area contributed by atoms with Gasteiger partial charge in [0.05, 0.1) is 0 Å². The summed E-state index contributed by atoms with van der Waals surface area (Å²) in [7, 11) is 0. The Morgan fingerprint density at radius 2 is 1.82 bits per heavy atom. The fraction of sp³-hybridized carbons (Fsp3) is 0.840. The molecule has 0 radical (unpaired) electrons. The zero-order chi connectivity index (χ0) is 18.3. The van der Waals surface area contributed by atoms with Crippen LogP contribution in [0.25, 0.3) is 0 Å². The van der Waals surface area contributed by atoms with Gasteiger partial charge in [0.15, 0.2) is 5.78 Å². The maximum absolute atomic E-state index is 12.2. The predicted octanol–water partition coefficient (Wildman–Crippen LogP) is 4.94. The topological polar surface area (TPSA) is 43.4 Å². The second-order valence-corrected chi connectivity index (χ2v) is 11.5. The summed E-state index contributed by atoms with van der Waals surface area (Å²) in [6.07, 6.45) is 10.6. The average molecular weight is 383 g/mol. The van der Waals surface area contributed by atoms with Crippen LogP contribution < -0.4 is 0 Å². The van der Waals surface area contributed by atoms with Gasteiger partial charge in [-0.05, 0) is 85.5 Å². The van der Waals surface area contributed by atoms with Crippen LogP contribution in [0.3, 0.4) is 0 Å². The van der Waals surface area contributed by atoms with Crippen molar-refractivity contribution in [2.75, 3.05) is 0 Å². The van der Waals surface area contributed by atoms with Gasteiger partial charge in [-0.3, -0.25) is 9.59 Å². The molecule has 28 heavy (non-hydrogen) atoms. The molecule has 6 fully saturated rings. The fourth-order valence-electron chi connectivity index (χ4n) is 9.74. The first kappa shape index (κ1) is 17.7. The molecule has 10 atom stereocenters. The third kappa shape index (κ3) is 1.72. The first-order valence-electron chi connectivity index (χ1n) is 11.4. The molecule has 7 aliphatic rings.